The van der Waals surface area contributed by atoms with E-state index in [1.165, 1.54) is 0 Å². The number of methoxy groups -OCH3 is 1. The molecule has 0 radical (unpaired) electrons. The zero-order chi connectivity index (χ0) is 11.9. The topological polar surface area (TPSA) is 30.5 Å². The van der Waals surface area contributed by atoms with E-state index in [0.29, 0.717) is 10.8 Å². The maximum Gasteiger partial charge on any atom is 0.0615 e. The Bertz CT molecular complexity index is 184. The average Bonchev–Trinajstić information content (AvgIpc) is 2.35. The normalized spacial score (nSPS) is 21.9. The lowest BCUT2D eigenvalue weighted by Gasteiger charge is -2.37. The van der Waals surface area contributed by atoms with Crippen molar-refractivity contribution in [3.05, 3.63) is 0 Å². The zero-order valence-electron chi connectivity index (χ0n) is 10.8. The van der Waals surface area contributed by atoms with E-state index in [1.807, 2.05) is 11.8 Å². The highest BCUT2D eigenvalue weighted by Crippen LogP contribution is 2.33. The van der Waals surface area contributed by atoms with Gasteiger partial charge in [0, 0.05) is 37.7 Å². The number of nitrogens with one attached hydrogen (secondary N) is 1. The maximum absolute atomic E-state index is 5.44. The molecule has 1 atom stereocenters. The Morgan fingerprint density at radius 3 is 2.62 bits per heavy atom. The second-order valence-corrected chi connectivity index (χ2v) is 5.72. The highest BCUT2D eigenvalue weighted by Gasteiger charge is 2.31. The molecular weight excluding hydrogens is 222 g/mol. The van der Waals surface area contributed by atoms with Crippen LogP contribution in [-0.2, 0) is 9.47 Å². The van der Waals surface area contributed by atoms with E-state index >= 15 is 0 Å². The van der Waals surface area contributed by atoms with Gasteiger partial charge >= 0.3 is 0 Å². The summed E-state index contributed by atoms with van der Waals surface area (Å²) in [6.45, 7) is 5.89. The summed E-state index contributed by atoms with van der Waals surface area (Å²) >= 11 is 1.98. The molecule has 0 amide bonds. The van der Waals surface area contributed by atoms with E-state index in [-0.39, 0.29) is 0 Å². The summed E-state index contributed by atoms with van der Waals surface area (Å²) in [6.07, 6.45) is 5.65. The molecule has 0 saturated carbocycles. The molecule has 3 nitrogen and oxygen atoms in total. The Labute approximate surface area is 104 Å². The monoisotopic (exact) mass is 247 g/mol. The maximum atomic E-state index is 5.44. The molecule has 1 aliphatic rings. The van der Waals surface area contributed by atoms with Crippen molar-refractivity contribution in [3.8, 4) is 0 Å². The van der Waals surface area contributed by atoms with E-state index in [1.54, 1.807) is 7.11 Å². The minimum absolute atomic E-state index is 0.374. The molecule has 1 unspecified atom stereocenters. The molecule has 0 aromatic carbocycles. The number of thioether (sulfide) groups is 1. The molecule has 0 aromatic rings. The van der Waals surface area contributed by atoms with Gasteiger partial charge in [-0.25, -0.2) is 0 Å². The van der Waals surface area contributed by atoms with Crippen molar-refractivity contribution in [3.63, 3.8) is 0 Å². The second kappa shape index (κ2) is 7.54. The molecule has 0 bridgehead atoms. The van der Waals surface area contributed by atoms with Crippen LogP contribution in [0, 0.1) is 0 Å². The van der Waals surface area contributed by atoms with Gasteiger partial charge in [-0.3, -0.25) is 0 Å². The fourth-order valence-corrected chi connectivity index (χ4v) is 2.85. The molecule has 4 heteroatoms. The zero-order valence-corrected chi connectivity index (χ0v) is 11.6. The third-order valence-electron chi connectivity index (χ3n) is 3.41. The van der Waals surface area contributed by atoms with Gasteiger partial charge in [0.2, 0.25) is 0 Å². The van der Waals surface area contributed by atoms with Gasteiger partial charge in [-0.2, -0.15) is 11.8 Å². The van der Waals surface area contributed by atoms with Crippen LogP contribution in [0.3, 0.4) is 0 Å². The van der Waals surface area contributed by atoms with Crippen LogP contribution in [0.5, 0.6) is 0 Å². The number of hydrogen-bond acceptors (Lipinski definition) is 4. The average molecular weight is 247 g/mol. The molecule has 16 heavy (non-hydrogen) atoms. The molecule has 96 valence electrons. The van der Waals surface area contributed by atoms with Crippen molar-refractivity contribution in [2.45, 2.75) is 37.0 Å². The van der Waals surface area contributed by atoms with Crippen molar-refractivity contribution in [1.29, 1.82) is 0 Å². The van der Waals surface area contributed by atoms with Crippen molar-refractivity contribution >= 4 is 11.8 Å². The standard InChI is InChI=1S/C12H25NO2S/c1-4-11(9-14-2)13-10-12(16-3)5-7-15-8-6-12/h11,13H,4-10H2,1-3H3. The highest BCUT2D eigenvalue weighted by atomic mass is 32.2. The molecule has 0 spiro atoms. The number of ether oxygens (including phenoxy) is 2. The molecule has 1 aliphatic heterocycles. The predicted octanol–water partition coefficient (Wildman–Crippen LogP) is 1.91. The molecule has 1 fully saturated rings. The quantitative estimate of drug-likeness (QED) is 0.744. The first kappa shape index (κ1) is 14.3. The van der Waals surface area contributed by atoms with Crippen LogP contribution in [-0.4, -0.2) is 50.5 Å². The van der Waals surface area contributed by atoms with Gasteiger partial charge in [0.15, 0.2) is 0 Å². The van der Waals surface area contributed by atoms with Gasteiger partial charge in [-0.1, -0.05) is 6.92 Å². The number of hydrogen-bond donors (Lipinski definition) is 1. The summed E-state index contributed by atoms with van der Waals surface area (Å²) in [4.78, 5) is 0. The fourth-order valence-electron chi connectivity index (χ4n) is 2.05. The van der Waals surface area contributed by atoms with Gasteiger partial charge in [0.1, 0.15) is 0 Å². The van der Waals surface area contributed by atoms with Crippen LogP contribution >= 0.6 is 11.8 Å². The van der Waals surface area contributed by atoms with Crippen LogP contribution in [0.2, 0.25) is 0 Å². The third kappa shape index (κ3) is 4.24. The lowest BCUT2D eigenvalue weighted by Crippen LogP contribution is -2.46. The van der Waals surface area contributed by atoms with Crippen LogP contribution in [0.15, 0.2) is 0 Å². The Morgan fingerprint density at radius 2 is 2.12 bits per heavy atom. The van der Waals surface area contributed by atoms with Crippen LogP contribution in [0.4, 0.5) is 0 Å². The van der Waals surface area contributed by atoms with E-state index in [9.17, 15) is 0 Å². The van der Waals surface area contributed by atoms with E-state index < -0.39 is 0 Å². The summed E-state index contributed by atoms with van der Waals surface area (Å²) in [5.41, 5.74) is 0. The first-order valence-electron chi connectivity index (χ1n) is 6.11. The first-order valence-corrected chi connectivity index (χ1v) is 7.34. The van der Waals surface area contributed by atoms with Gasteiger partial charge in [-0.05, 0) is 25.5 Å². The Balaban J connectivity index is 2.36. The van der Waals surface area contributed by atoms with Gasteiger partial charge < -0.3 is 14.8 Å². The lowest BCUT2D eigenvalue weighted by atomic mass is 9.98. The summed E-state index contributed by atoms with van der Waals surface area (Å²) in [5, 5.41) is 3.63. The van der Waals surface area contributed by atoms with E-state index in [2.05, 4.69) is 18.5 Å². The van der Waals surface area contributed by atoms with Crippen molar-refractivity contribution in [2.75, 3.05) is 39.7 Å². The summed E-state index contributed by atoms with van der Waals surface area (Å²) in [6, 6.07) is 0.483. The third-order valence-corrected chi connectivity index (χ3v) is 4.83. The molecule has 1 heterocycles. The number of rotatable bonds is 7. The SMILES string of the molecule is CCC(COC)NCC1(SC)CCOCC1. The fraction of sp³-hybridized carbons (Fsp3) is 1.00. The van der Waals surface area contributed by atoms with Crippen molar-refractivity contribution in [2.24, 2.45) is 0 Å². The van der Waals surface area contributed by atoms with Gasteiger partial charge in [0.25, 0.3) is 0 Å². The van der Waals surface area contributed by atoms with Crippen LogP contribution < -0.4 is 5.32 Å². The molecular formula is C12H25NO2S. The van der Waals surface area contributed by atoms with Gasteiger partial charge in [-0.15, -0.1) is 0 Å². The highest BCUT2D eigenvalue weighted by molar-refractivity contribution is 8.00. The minimum atomic E-state index is 0.374. The minimum Gasteiger partial charge on any atom is -0.383 e. The van der Waals surface area contributed by atoms with Crippen LogP contribution in [0.25, 0.3) is 0 Å². The molecule has 1 rings (SSSR count). The van der Waals surface area contributed by atoms with Crippen molar-refractivity contribution in [1.82, 2.24) is 5.32 Å². The smallest absolute Gasteiger partial charge is 0.0615 e. The second-order valence-electron chi connectivity index (χ2n) is 4.44. The molecule has 1 saturated heterocycles. The largest absolute Gasteiger partial charge is 0.383 e. The van der Waals surface area contributed by atoms with E-state index in [4.69, 9.17) is 9.47 Å². The Morgan fingerprint density at radius 1 is 1.44 bits per heavy atom. The molecule has 0 aromatic heterocycles. The Kier molecular flexibility index (Phi) is 6.73. The van der Waals surface area contributed by atoms with Gasteiger partial charge in [0.05, 0.1) is 6.61 Å². The molecule has 1 N–H and O–H groups in total. The summed E-state index contributed by atoms with van der Waals surface area (Å²) < 4.78 is 11.0. The molecule has 0 aliphatic carbocycles. The summed E-state index contributed by atoms with van der Waals surface area (Å²) in [7, 11) is 1.77. The predicted molar refractivity (Wildman–Crippen MR) is 70.3 cm³/mol. The first-order chi connectivity index (χ1) is 7.76. The van der Waals surface area contributed by atoms with Crippen LogP contribution in [0.1, 0.15) is 26.2 Å². The van der Waals surface area contributed by atoms with E-state index in [0.717, 1.165) is 45.6 Å². The Hall–Kier alpha value is 0.230. The van der Waals surface area contributed by atoms with Crippen molar-refractivity contribution < 1.29 is 9.47 Å². The lowest BCUT2D eigenvalue weighted by molar-refractivity contribution is 0.0748. The summed E-state index contributed by atoms with van der Waals surface area (Å²) in [5.74, 6) is 0.